The van der Waals surface area contributed by atoms with Gasteiger partial charge < -0.3 is 19.7 Å². The number of hydrogen-bond acceptors (Lipinski definition) is 6. The number of anilines is 1. The van der Waals surface area contributed by atoms with E-state index in [4.69, 9.17) is 14.5 Å². The molecule has 4 rings (SSSR count). The van der Waals surface area contributed by atoms with E-state index in [0.717, 1.165) is 28.3 Å². The van der Waals surface area contributed by atoms with Crippen LogP contribution >= 0.6 is 0 Å². The van der Waals surface area contributed by atoms with Gasteiger partial charge in [0.2, 0.25) is 0 Å². The number of carbonyl (C=O) groups excluding carboxylic acids is 1. The van der Waals surface area contributed by atoms with Crippen LogP contribution in [0, 0.1) is 13.8 Å². The normalized spacial score (nSPS) is 16.3. The molecule has 3 aromatic rings. The molecule has 2 aromatic heterocycles. The lowest BCUT2D eigenvalue weighted by Crippen LogP contribution is -2.44. The van der Waals surface area contributed by atoms with Crippen molar-refractivity contribution in [2.24, 2.45) is 0 Å². The third kappa shape index (κ3) is 4.27. The summed E-state index contributed by atoms with van der Waals surface area (Å²) in [6.07, 6.45) is -4.50. The number of aryl methyl sites for hydroxylation is 2. The van der Waals surface area contributed by atoms with E-state index in [2.05, 4.69) is 10.4 Å². The first kappa shape index (κ1) is 22.7. The van der Waals surface area contributed by atoms with E-state index in [1.54, 1.807) is 24.8 Å². The van der Waals surface area contributed by atoms with Gasteiger partial charge in [0.25, 0.3) is 0 Å². The molecule has 1 atom stereocenters. The molecule has 1 aliphatic rings. The Morgan fingerprint density at radius 1 is 1.15 bits per heavy atom. The fourth-order valence-corrected chi connectivity index (χ4v) is 4.14. The average molecular weight is 463 g/mol. The fourth-order valence-electron chi connectivity index (χ4n) is 4.14. The van der Waals surface area contributed by atoms with Gasteiger partial charge >= 0.3 is 12.1 Å². The van der Waals surface area contributed by atoms with E-state index in [1.807, 2.05) is 36.9 Å². The number of aromatic nitrogens is 3. The maximum atomic E-state index is 12.6. The van der Waals surface area contributed by atoms with Crippen LogP contribution in [0.4, 0.5) is 18.9 Å². The number of imidazole rings is 1. The zero-order valence-corrected chi connectivity index (χ0v) is 18.7. The standard InChI is InChI=1S/C22H24F3N5O3/c1-12-9-16(29-8-7-15(11-29)27-21(31)22(23,24)25)20-26-13(2)19(30(20)28-12)14-5-6-17(32-3)18(10-14)33-4/h5-6,9-10,15H,7-8,11H2,1-4H3,(H,27,31). The Morgan fingerprint density at radius 2 is 1.88 bits per heavy atom. The van der Waals surface area contributed by atoms with Crippen LogP contribution in [-0.4, -0.2) is 60.0 Å². The number of methoxy groups -OCH3 is 2. The molecule has 1 amide bonds. The summed E-state index contributed by atoms with van der Waals surface area (Å²) in [4.78, 5) is 18.0. The summed E-state index contributed by atoms with van der Waals surface area (Å²) in [5, 5.41) is 6.71. The Hall–Kier alpha value is -3.50. The minimum Gasteiger partial charge on any atom is -0.493 e. The Kier molecular flexibility index (Phi) is 5.81. The third-order valence-electron chi connectivity index (χ3n) is 5.64. The summed E-state index contributed by atoms with van der Waals surface area (Å²) in [6.45, 7) is 4.45. The van der Waals surface area contributed by atoms with Crippen molar-refractivity contribution in [3.63, 3.8) is 0 Å². The van der Waals surface area contributed by atoms with Crippen LogP contribution in [0.5, 0.6) is 11.5 Å². The van der Waals surface area contributed by atoms with E-state index in [-0.39, 0.29) is 6.54 Å². The van der Waals surface area contributed by atoms with Gasteiger partial charge in [0.15, 0.2) is 17.1 Å². The second-order valence-electron chi connectivity index (χ2n) is 7.92. The lowest BCUT2D eigenvalue weighted by Gasteiger charge is -2.20. The van der Waals surface area contributed by atoms with Crippen molar-refractivity contribution in [3.8, 4) is 22.8 Å². The maximum Gasteiger partial charge on any atom is 0.471 e. The van der Waals surface area contributed by atoms with E-state index in [0.29, 0.717) is 30.1 Å². The molecule has 1 saturated heterocycles. The number of carbonyl (C=O) groups is 1. The molecule has 0 aliphatic carbocycles. The van der Waals surface area contributed by atoms with Crippen molar-refractivity contribution >= 4 is 17.2 Å². The highest BCUT2D eigenvalue weighted by atomic mass is 19.4. The minimum atomic E-state index is -4.90. The van der Waals surface area contributed by atoms with Gasteiger partial charge in [-0.1, -0.05) is 0 Å². The van der Waals surface area contributed by atoms with E-state index >= 15 is 0 Å². The molecule has 1 N–H and O–H groups in total. The Bertz CT molecular complexity index is 1210. The van der Waals surface area contributed by atoms with Crippen LogP contribution in [0.1, 0.15) is 17.8 Å². The SMILES string of the molecule is COc1ccc(-c2c(C)nc3c(N4CCC(NC(=O)C(F)(F)F)C4)cc(C)nn23)cc1OC. The number of amides is 1. The van der Waals surface area contributed by atoms with Gasteiger partial charge in [-0.05, 0) is 44.5 Å². The summed E-state index contributed by atoms with van der Waals surface area (Å²) in [5.41, 5.74) is 4.41. The molecule has 1 fully saturated rings. The van der Waals surface area contributed by atoms with Crippen molar-refractivity contribution in [3.05, 3.63) is 35.7 Å². The summed E-state index contributed by atoms with van der Waals surface area (Å²) < 4.78 is 50.4. The molecule has 1 aromatic carbocycles. The van der Waals surface area contributed by atoms with Crippen molar-refractivity contribution in [1.29, 1.82) is 0 Å². The Labute approximate surface area is 188 Å². The van der Waals surface area contributed by atoms with Crippen molar-refractivity contribution in [2.45, 2.75) is 32.5 Å². The molecule has 0 saturated carbocycles. The molecule has 8 nitrogen and oxygen atoms in total. The van der Waals surface area contributed by atoms with Gasteiger partial charge in [-0.15, -0.1) is 0 Å². The number of halogens is 3. The van der Waals surface area contributed by atoms with Gasteiger partial charge in [0.05, 0.1) is 37.0 Å². The summed E-state index contributed by atoms with van der Waals surface area (Å²) in [5.74, 6) is -0.751. The first-order valence-electron chi connectivity index (χ1n) is 10.3. The molecule has 33 heavy (non-hydrogen) atoms. The number of fused-ring (bicyclic) bond motifs is 1. The molecule has 11 heteroatoms. The molecule has 0 radical (unpaired) electrons. The van der Waals surface area contributed by atoms with Crippen LogP contribution in [-0.2, 0) is 4.79 Å². The summed E-state index contributed by atoms with van der Waals surface area (Å²) in [7, 11) is 3.12. The molecule has 0 bridgehead atoms. The lowest BCUT2D eigenvalue weighted by molar-refractivity contribution is -0.174. The fraction of sp³-hybridized carbons (Fsp3) is 0.409. The van der Waals surface area contributed by atoms with E-state index in [1.165, 1.54) is 0 Å². The number of ether oxygens (including phenoxy) is 2. The summed E-state index contributed by atoms with van der Waals surface area (Å²) in [6, 6.07) is 6.79. The number of nitrogens with zero attached hydrogens (tertiary/aromatic N) is 4. The number of hydrogen-bond donors (Lipinski definition) is 1. The highest BCUT2D eigenvalue weighted by Crippen LogP contribution is 2.35. The zero-order valence-electron chi connectivity index (χ0n) is 18.7. The van der Waals surface area contributed by atoms with Crippen LogP contribution in [0.2, 0.25) is 0 Å². The van der Waals surface area contributed by atoms with Crippen LogP contribution in [0.25, 0.3) is 16.9 Å². The molecule has 176 valence electrons. The highest BCUT2D eigenvalue weighted by Gasteiger charge is 2.40. The van der Waals surface area contributed by atoms with Gasteiger partial charge in [0.1, 0.15) is 0 Å². The molecule has 3 heterocycles. The smallest absolute Gasteiger partial charge is 0.471 e. The maximum absolute atomic E-state index is 12.6. The molecule has 1 unspecified atom stereocenters. The first-order valence-corrected chi connectivity index (χ1v) is 10.3. The Balaban J connectivity index is 1.71. The largest absolute Gasteiger partial charge is 0.493 e. The predicted molar refractivity (Wildman–Crippen MR) is 116 cm³/mol. The van der Waals surface area contributed by atoms with Crippen molar-refractivity contribution in [2.75, 3.05) is 32.2 Å². The van der Waals surface area contributed by atoms with Gasteiger partial charge in [-0.2, -0.15) is 18.3 Å². The van der Waals surface area contributed by atoms with Gasteiger partial charge in [-0.3, -0.25) is 4.79 Å². The average Bonchev–Trinajstić information content (AvgIpc) is 3.35. The van der Waals surface area contributed by atoms with Gasteiger partial charge in [-0.25, -0.2) is 9.50 Å². The minimum absolute atomic E-state index is 0.249. The molecular weight excluding hydrogens is 439 g/mol. The summed E-state index contributed by atoms with van der Waals surface area (Å²) >= 11 is 0. The number of rotatable bonds is 5. The predicted octanol–water partition coefficient (Wildman–Crippen LogP) is 3.29. The monoisotopic (exact) mass is 463 g/mol. The van der Waals surface area contributed by atoms with Crippen LogP contribution in [0.15, 0.2) is 24.3 Å². The second-order valence-corrected chi connectivity index (χ2v) is 7.92. The molecular formula is C22H24F3N5O3. The van der Waals surface area contributed by atoms with Crippen molar-refractivity contribution in [1.82, 2.24) is 19.9 Å². The number of benzene rings is 1. The van der Waals surface area contributed by atoms with Crippen molar-refractivity contribution < 1.29 is 27.4 Å². The molecule has 1 aliphatic heterocycles. The third-order valence-corrected chi connectivity index (χ3v) is 5.64. The quantitative estimate of drug-likeness (QED) is 0.626. The number of alkyl halides is 3. The van der Waals surface area contributed by atoms with E-state index < -0.39 is 18.1 Å². The highest BCUT2D eigenvalue weighted by molar-refractivity contribution is 5.82. The first-order chi connectivity index (χ1) is 15.6. The molecule has 0 spiro atoms. The zero-order chi connectivity index (χ0) is 23.9. The lowest BCUT2D eigenvalue weighted by atomic mass is 10.1. The van der Waals surface area contributed by atoms with E-state index in [9.17, 15) is 18.0 Å². The topological polar surface area (TPSA) is 81.0 Å². The van der Waals surface area contributed by atoms with Crippen LogP contribution in [0.3, 0.4) is 0 Å². The van der Waals surface area contributed by atoms with Gasteiger partial charge in [0, 0.05) is 24.7 Å². The van der Waals surface area contributed by atoms with Crippen LogP contribution < -0.4 is 19.7 Å². The number of nitrogens with one attached hydrogen (secondary N) is 1. The Morgan fingerprint density at radius 3 is 2.55 bits per heavy atom. The second kappa shape index (κ2) is 8.45.